The topological polar surface area (TPSA) is 43.9 Å². The van der Waals surface area contributed by atoms with E-state index in [0.717, 1.165) is 17.3 Å². The van der Waals surface area contributed by atoms with E-state index in [1.54, 1.807) is 0 Å². The van der Waals surface area contributed by atoms with Gasteiger partial charge in [-0.1, -0.05) is 18.9 Å². The van der Waals surface area contributed by atoms with Crippen molar-refractivity contribution in [3.05, 3.63) is 22.4 Å². The molecule has 0 N–H and O–H groups in total. The van der Waals surface area contributed by atoms with E-state index in [0.29, 0.717) is 38.8 Å². The van der Waals surface area contributed by atoms with Crippen molar-refractivity contribution in [3.8, 4) is 0 Å². The molecule has 1 aromatic rings. The van der Waals surface area contributed by atoms with Crippen LogP contribution in [0.1, 0.15) is 48.2 Å². The molecule has 4 rings (SSSR count). The van der Waals surface area contributed by atoms with Crippen molar-refractivity contribution < 1.29 is 9.59 Å². The molecule has 0 radical (unpaired) electrons. The number of hydrogen-bond donors (Lipinski definition) is 0. The monoisotopic (exact) mass is 375 g/mol. The second-order valence-corrected chi connectivity index (χ2v) is 8.82. The summed E-state index contributed by atoms with van der Waals surface area (Å²) in [6, 6.07) is 4.42. The van der Waals surface area contributed by atoms with Gasteiger partial charge in [0.2, 0.25) is 5.91 Å². The van der Waals surface area contributed by atoms with Crippen LogP contribution in [0.2, 0.25) is 0 Å². The van der Waals surface area contributed by atoms with E-state index in [4.69, 9.17) is 0 Å². The highest BCUT2D eigenvalue weighted by molar-refractivity contribution is 7.12. The number of thiophene rings is 1. The number of fused-ring (bicyclic) bond motifs is 1. The number of rotatable bonds is 3. The maximum Gasteiger partial charge on any atom is 0.264 e. The Bertz CT molecular complexity index is 623. The van der Waals surface area contributed by atoms with E-state index in [9.17, 15) is 9.59 Å². The zero-order valence-electron chi connectivity index (χ0n) is 15.4. The Hall–Kier alpha value is -1.40. The summed E-state index contributed by atoms with van der Waals surface area (Å²) >= 11 is 1.49. The van der Waals surface area contributed by atoms with Gasteiger partial charge in [0.15, 0.2) is 0 Å². The first-order chi connectivity index (χ1) is 12.7. The smallest absolute Gasteiger partial charge is 0.264 e. The van der Waals surface area contributed by atoms with Crippen LogP contribution in [0, 0.1) is 5.92 Å². The van der Waals surface area contributed by atoms with Gasteiger partial charge in [0.05, 0.1) is 11.4 Å². The molecule has 2 saturated heterocycles. The summed E-state index contributed by atoms with van der Waals surface area (Å²) in [6.45, 7) is 4.27. The third-order valence-electron chi connectivity index (χ3n) is 6.35. The summed E-state index contributed by atoms with van der Waals surface area (Å²) in [7, 11) is 0. The number of hydrogen-bond acceptors (Lipinski definition) is 4. The molecule has 26 heavy (non-hydrogen) atoms. The first kappa shape index (κ1) is 18.0. The highest BCUT2D eigenvalue weighted by Crippen LogP contribution is 2.35. The molecular formula is C20H29N3O2S. The molecule has 142 valence electrons. The largest absolute Gasteiger partial charge is 0.338 e. The number of piperazine rings is 1. The molecule has 0 aromatic carbocycles. The van der Waals surface area contributed by atoms with Crippen LogP contribution >= 0.6 is 11.3 Å². The standard InChI is InChI=1S/C20H29N3O2S/c24-19(15-23-9-3-6-16-5-1-2-7-17(16)23)21-10-12-22(13-11-21)20(25)18-8-4-14-26-18/h4,8,14,16-17H,1-3,5-7,9-13,15H2/t16-,17+/m1/s1. The average molecular weight is 376 g/mol. The van der Waals surface area contributed by atoms with Crippen LogP contribution < -0.4 is 0 Å². The maximum atomic E-state index is 12.8. The van der Waals surface area contributed by atoms with Crippen molar-refractivity contribution >= 4 is 23.2 Å². The summed E-state index contributed by atoms with van der Waals surface area (Å²) in [6.07, 6.45) is 7.87. The summed E-state index contributed by atoms with van der Waals surface area (Å²) in [5.41, 5.74) is 0. The molecule has 5 nitrogen and oxygen atoms in total. The third-order valence-corrected chi connectivity index (χ3v) is 7.21. The molecular weight excluding hydrogens is 346 g/mol. The van der Waals surface area contributed by atoms with Gasteiger partial charge < -0.3 is 9.80 Å². The number of likely N-dealkylation sites (tertiary alicyclic amines) is 1. The predicted molar refractivity (Wildman–Crippen MR) is 103 cm³/mol. The fourth-order valence-electron chi connectivity index (χ4n) is 4.91. The van der Waals surface area contributed by atoms with Crippen LogP contribution in [-0.2, 0) is 4.79 Å². The van der Waals surface area contributed by atoms with Gasteiger partial charge in [0.25, 0.3) is 5.91 Å². The Kier molecular flexibility index (Phi) is 5.60. The molecule has 3 aliphatic rings. The van der Waals surface area contributed by atoms with Gasteiger partial charge >= 0.3 is 0 Å². The lowest BCUT2D eigenvalue weighted by molar-refractivity contribution is -0.135. The molecule has 1 aromatic heterocycles. The molecule has 0 bridgehead atoms. The molecule has 6 heteroatoms. The number of nitrogens with zero attached hydrogens (tertiary/aromatic N) is 3. The van der Waals surface area contributed by atoms with Gasteiger partial charge in [-0.15, -0.1) is 11.3 Å². The van der Waals surface area contributed by atoms with E-state index in [1.807, 2.05) is 27.3 Å². The van der Waals surface area contributed by atoms with Gasteiger partial charge in [0.1, 0.15) is 0 Å². The zero-order chi connectivity index (χ0) is 17.9. The maximum absolute atomic E-state index is 12.8. The van der Waals surface area contributed by atoms with E-state index in [1.165, 1.54) is 49.9 Å². The Morgan fingerprint density at radius 3 is 2.46 bits per heavy atom. The van der Waals surface area contributed by atoms with Crippen LogP contribution in [0.25, 0.3) is 0 Å². The van der Waals surface area contributed by atoms with E-state index in [-0.39, 0.29) is 11.8 Å². The number of piperidine rings is 1. The first-order valence-electron chi connectivity index (χ1n) is 10.1. The van der Waals surface area contributed by atoms with E-state index < -0.39 is 0 Å². The molecule has 3 fully saturated rings. The quantitative estimate of drug-likeness (QED) is 0.816. The van der Waals surface area contributed by atoms with Gasteiger partial charge in [-0.05, 0) is 49.6 Å². The number of carbonyl (C=O) groups excluding carboxylic acids is 2. The van der Waals surface area contributed by atoms with Crippen molar-refractivity contribution in [2.45, 2.75) is 44.6 Å². The van der Waals surface area contributed by atoms with Crippen molar-refractivity contribution in [2.75, 3.05) is 39.3 Å². The molecule has 1 aliphatic carbocycles. The molecule has 3 heterocycles. The molecule has 2 amide bonds. The van der Waals surface area contributed by atoms with Crippen LogP contribution in [0.5, 0.6) is 0 Å². The predicted octanol–water partition coefficient (Wildman–Crippen LogP) is 2.69. The molecule has 0 unspecified atom stereocenters. The normalized spacial score (nSPS) is 27.2. The van der Waals surface area contributed by atoms with Crippen LogP contribution in [0.3, 0.4) is 0 Å². The molecule has 0 spiro atoms. The van der Waals surface area contributed by atoms with Crippen molar-refractivity contribution in [3.63, 3.8) is 0 Å². The van der Waals surface area contributed by atoms with Gasteiger partial charge in [-0.3, -0.25) is 14.5 Å². The Morgan fingerprint density at radius 2 is 1.69 bits per heavy atom. The highest BCUT2D eigenvalue weighted by atomic mass is 32.1. The lowest BCUT2D eigenvalue weighted by Crippen LogP contribution is -2.55. The number of amides is 2. The van der Waals surface area contributed by atoms with Crippen LogP contribution in [-0.4, -0.2) is 71.8 Å². The third kappa shape index (κ3) is 3.81. The lowest BCUT2D eigenvalue weighted by Gasteiger charge is -2.44. The summed E-state index contributed by atoms with van der Waals surface area (Å²) < 4.78 is 0. The molecule has 1 saturated carbocycles. The van der Waals surface area contributed by atoms with E-state index >= 15 is 0 Å². The second-order valence-electron chi connectivity index (χ2n) is 7.87. The van der Waals surface area contributed by atoms with Crippen molar-refractivity contribution in [1.29, 1.82) is 0 Å². The SMILES string of the molecule is O=C(CN1CCC[C@H]2CCCC[C@@H]21)N1CCN(C(=O)c2cccs2)CC1. The Labute approximate surface area is 159 Å². The van der Waals surface area contributed by atoms with Crippen molar-refractivity contribution in [2.24, 2.45) is 5.92 Å². The minimum Gasteiger partial charge on any atom is -0.338 e. The van der Waals surface area contributed by atoms with E-state index in [2.05, 4.69) is 4.90 Å². The zero-order valence-corrected chi connectivity index (χ0v) is 16.3. The summed E-state index contributed by atoms with van der Waals surface area (Å²) in [5.74, 6) is 1.16. The average Bonchev–Trinajstić information content (AvgIpc) is 3.23. The van der Waals surface area contributed by atoms with Crippen LogP contribution in [0.4, 0.5) is 0 Å². The lowest BCUT2D eigenvalue weighted by atomic mass is 9.78. The Morgan fingerprint density at radius 1 is 0.962 bits per heavy atom. The van der Waals surface area contributed by atoms with Gasteiger partial charge in [-0.2, -0.15) is 0 Å². The summed E-state index contributed by atoms with van der Waals surface area (Å²) in [4.78, 5) is 32.4. The minimum atomic E-state index is 0.105. The fourth-order valence-corrected chi connectivity index (χ4v) is 5.60. The first-order valence-corrected chi connectivity index (χ1v) is 10.9. The molecule has 2 atom stereocenters. The highest BCUT2D eigenvalue weighted by Gasteiger charge is 2.35. The summed E-state index contributed by atoms with van der Waals surface area (Å²) in [5, 5.41) is 1.93. The minimum absolute atomic E-state index is 0.105. The Balaban J connectivity index is 1.29. The second kappa shape index (κ2) is 8.09. The van der Waals surface area contributed by atoms with Gasteiger partial charge in [0, 0.05) is 32.2 Å². The van der Waals surface area contributed by atoms with Gasteiger partial charge in [-0.25, -0.2) is 0 Å². The number of carbonyl (C=O) groups is 2. The molecule has 2 aliphatic heterocycles. The van der Waals surface area contributed by atoms with Crippen LogP contribution in [0.15, 0.2) is 17.5 Å². The van der Waals surface area contributed by atoms with Crippen molar-refractivity contribution in [1.82, 2.24) is 14.7 Å². The fraction of sp³-hybridized carbons (Fsp3) is 0.700.